The lowest BCUT2D eigenvalue weighted by Gasteiger charge is -2.39. The van der Waals surface area contributed by atoms with Crippen LogP contribution in [-0.2, 0) is 16.1 Å². The Morgan fingerprint density at radius 3 is 2.61 bits per heavy atom. The van der Waals surface area contributed by atoms with E-state index in [0.29, 0.717) is 17.2 Å². The number of nitrogens with two attached hydrogens (primary N) is 1. The number of halogens is 5. The van der Waals surface area contributed by atoms with Crippen LogP contribution in [0.15, 0.2) is 24.4 Å². The summed E-state index contributed by atoms with van der Waals surface area (Å²) in [5.74, 6) is -2.94. The number of nitrogens with zero attached hydrogens (tertiary/aromatic N) is 5. The normalized spacial score (nSPS) is 18.6. The third kappa shape index (κ3) is 4.64. The molecule has 14 heteroatoms. The smallest absolute Gasteiger partial charge is 0.383 e. The Morgan fingerprint density at radius 2 is 1.89 bits per heavy atom. The number of hydrogen-bond acceptors (Lipinski definition) is 6. The summed E-state index contributed by atoms with van der Waals surface area (Å²) in [6.07, 6.45) is -5.32. The summed E-state index contributed by atoms with van der Waals surface area (Å²) in [7, 11) is 0. The molecule has 9 nitrogen and oxygen atoms in total. The van der Waals surface area contributed by atoms with E-state index in [9.17, 15) is 31.5 Å². The van der Waals surface area contributed by atoms with Crippen molar-refractivity contribution in [3.63, 3.8) is 0 Å². The van der Waals surface area contributed by atoms with E-state index in [4.69, 9.17) is 10.5 Å². The van der Waals surface area contributed by atoms with E-state index in [1.807, 2.05) is 0 Å². The summed E-state index contributed by atoms with van der Waals surface area (Å²) < 4.78 is 74.0. The summed E-state index contributed by atoms with van der Waals surface area (Å²) in [6, 6.07) is 3.26. The Hall–Kier alpha value is -3.81. The minimum Gasteiger partial charge on any atom is -0.383 e. The molecule has 2 aromatic heterocycles. The van der Waals surface area contributed by atoms with Gasteiger partial charge < -0.3 is 20.3 Å². The van der Waals surface area contributed by atoms with Crippen LogP contribution in [-0.4, -0.2) is 81.4 Å². The number of fused-ring (bicyclic) bond motifs is 1. The number of carbonyl (C=O) groups excluding carboxylic acids is 2. The molecule has 2 N–H and O–H groups in total. The average Bonchev–Trinajstić information content (AvgIpc) is 3.17. The van der Waals surface area contributed by atoms with Gasteiger partial charge in [0.1, 0.15) is 24.0 Å². The molecule has 2 fully saturated rings. The van der Waals surface area contributed by atoms with Gasteiger partial charge in [-0.15, -0.1) is 0 Å². The van der Waals surface area contributed by atoms with Crippen molar-refractivity contribution in [3.8, 4) is 0 Å². The Kier molecular flexibility index (Phi) is 6.45. The Morgan fingerprint density at radius 1 is 1.16 bits per heavy atom. The number of hydrogen-bond donors (Lipinski definition) is 1. The van der Waals surface area contributed by atoms with Gasteiger partial charge in [-0.25, -0.2) is 13.8 Å². The third-order valence-electron chi connectivity index (χ3n) is 6.90. The first kappa shape index (κ1) is 25.8. The standard InChI is InChI=1S/C24H23F5N6O3/c1-12-15(2-3-31-22(12)30)23(37)34-8-13(9-34)21-20-16(26)6-14(25)7-17(20)35(32-21)11-19(36)33-4-5-38-18(10-33)24(27,28)29/h2-3,6-7,13,18H,4-5,8-11H2,1H3,(H2,30,31)/t18-/m0/s1. The SMILES string of the molecule is Cc1c(C(=O)N2CC(c3nn(CC(=O)N4CCO[C@H](C(F)(F)F)C4)c4cc(F)cc(F)c34)C2)ccnc1N. The Bertz CT molecular complexity index is 1420. The van der Waals surface area contributed by atoms with Gasteiger partial charge in [0.15, 0.2) is 6.10 Å². The van der Waals surface area contributed by atoms with Gasteiger partial charge in [-0.3, -0.25) is 14.3 Å². The lowest BCUT2D eigenvalue weighted by molar-refractivity contribution is -0.236. The number of anilines is 1. The molecule has 3 aromatic rings. The number of nitrogen functional groups attached to an aromatic ring is 1. The van der Waals surface area contributed by atoms with Gasteiger partial charge in [0.05, 0.1) is 29.7 Å². The molecule has 2 saturated heterocycles. The number of rotatable bonds is 4. The van der Waals surface area contributed by atoms with Crippen LogP contribution in [0, 0.1) is 18.6 Å². The van der Waals surface area contributed by atoms with Crippen molar-refractivity contribution in [1.29, 1.82) is 0 Å². The van der Waals surface area contributed by atoms with Crippen molar-refractivity contribution >= 4 is 28.5 Å². The Labute approximate surface area is 212 Å². The number of likely N-dealkylation sites (tertiary alicyclic amines) is 1. The van der Waals surface area contributed by atoms with Crippen molar-refractivity contribution < 1.29 is 36.3 Å². The number of ether oxygens (including phenoxy) is 1. The lowest BCUT2D eigenvalue weighted by atomic mass is 9.92. The molecule has 2 amide bonds. The minimum atomic E-state index is -4.63. The van der Waals surface area contributed by atoms with Gasteiger partial charge in [-0.2, -0.15) is 18.3 Å². The van der Waals surface area contributed by atoms with Crippen LogP contribution >= 0.6 is 0 Å². The van der Waals surface area contributed by atoms with E-state index in [0.717, 1.165) is 15.6 Å². The van der Waals surface area contributed by atoms with E-state index >= 15 is 0 Å². The highest BCUT2D eigenvalue weighted by molar-refractivity contribution is 5.97. The van der Waals surface area contributed by atoms with Crippen LogP contribution in [0.2, 0.25) is 0 Å². The summed E-state index contributed by atoms with van der Waals surface area (Å²) in [6.45, 7) is 0.499. The number of aromatic nitrogens is 3. The van der Waals surface area contributed by atoms with Crippen LogP contribution < -0.4 is 5.73 Å². The van der Waals surface area contributed by atoms with Crippen molar-refractivity contribution in [2.75, 3.05) is 38.5 Å². The van der Waals surface area contributed by atoms with E-state index in [2.05, 4.69) is 10.1 Å². The zero-order valence-corrected chi connectivity index (χ0v) is 20.1. The van der Waals surface area contributed by atoms with Gasteiger partial charge in [0.25, 0.3) is 5.91 Å². The molecule has 0 aliphatic carbocycles. The van der Waals surface area contributed by atoms with Crippen LogP contribution in [0.5, 0.6) is 0 Å². The average molecular weight is 538 g/mol. The molecule has 4 heterocycles. The lowest BCUT2D eigenvalue weighted by Crippen LogP contribution is -2.51. The van der Waals surface area contributed by atoms with Crippen LogP contribution in [0.1, 0.15) is 27.5 Å². The molecule has 2 aliphatic rings. The maximum absolute atomic E-state index is 14.9. The predicted octanol–water partition coefficient (Wildman–Crippen LogP) is 2.63. The monoisotopic (exact) mass is 538 g/mol. The fraction of sp³-hybridized carbons (Fsp3) is 0.417. The molecule has 0 saturated carbocycles. The number of morpholine rings is 1. The number of benzene rings is 1. The fourth-order valence-electron chi connectivity index (χ4n) is 4.73. The second kappa shape index (κ2) is 9.49. The van der Waals surface area contributed by atoms with E-state index < -0.39 is 48.8 Å². The summed E-state index contributed by atoms with van der Waals surface area (Å²) in [5, 5.41) is 4.35. The van der Waals surface area contributed by atoms with E-state index in [1.165, 1.54) is 11.1 Å². The maximum Gasteiger partial charge on any atom is 0.416 e. The number of pyridine rings is 1. The largest absolute Gasteiger partial charge is 0.416 e. The van der Waals surface area contributed by atoms with E-state index in [1.54, 1.807) is 13.0 Å². The molecule has 0 bridgehead atoms. The molecule has 1 aromatic carbocycles. The highest BCUT2D eigenvalue weighted by Crippen LogP contribution is 2.35. The first-order chi connectivity index (χ1) is 17.9. The molecule has 0 spiro atoms. The summed E-state index contributed by atoms with van der Waals surface area (Å²) in [4.78, 5) is 32.3. The van der Waals surface area contributed by atoms with Gasteiger partial charge in [-0.05, 0) is 13.0 Å². The van der Waals surface area contributed by atoms with Gasteiger partial charge in [0, 0.05) is 55.0 Å². The van der Waals surface area contributed by atoms with Crippen molar-refractivity contribution in [2.24, 2.45) is 0 Å². The van der Waals surface area contributed by atoms with Crippen LogP contribution in [0.4, 0.5) is 27.8 Å². The predicted molar refractivity (Wildman–Crippen MR) is 124 cm³/mol. The van der Waals surface area contributed by atoms with Gasteiger partial charge in [0.2, 0.25) is 5.91 Å². The fourth-order valence-corrected chi connectivity index (χ4v) is 4.73. The highest BCUT2D eigenvalue weighted by atomic mass is 19.4. The third-order valence-corrected chi connectivity index (χ3v) is 6.90. The number of carbonyl (C=O) groups is 2. The zero-order chi connectivity index (χ0) is 27.4. The van der Waals surface area contributed by atoms with Gasteiger partial charge >= 0.3 is 6.18 Å². The number of amides is 2. The first-order valence-corrected chi connectivity index (χ1v) is 11.8. The van der Waals surface area contributed by atoms with Crippen molar-refractivity contribution in [2.45, 2.75) is 31.7 Å². The first-order valence-electron chi connectivity index (χ1n) is 11.8. The quantitative estimate of drug-likeness (QED) is 0.512. The van der Waals surface area contributed by atoms with Crippen molar-refractivity contribution in [1.82, 2.24) is 24.6 Å². The highest BCUT2D eigenvalue weighted by Gasteiger charge is 2.44. The molecule has 202 valence electrons. The Balaban J connectivity index is 1.38. The second-order valence-corrected chi connectivity index (χ2v) is 9.34. The maximum atomic E-state index is 14.9. The van der Waals surface area contributed by atoms with Crippen molar-refractivity contribution in [3.05, 3.63) is 52.9 Å². The van der Waals surface area contributed by atoms with Gasteiger partial charge in [-0.1, -0.05) is 0 Å². The molecular weight excluding hydrogens is 515 g/mol. The minimum absolute atomic E-state index is 0.00391. The summed E-state index contributed by atoms with van der Waals surface area (Å²) in [5.41, 5.74) is 6.93. The summed E-state index contributed by atoms with van der Waals surface area (Å²) >= 11 is 0. The molecule has 1 atom stereocenters. The molecular formula is C24H23F5N6O3. The molecule has 2 aliphatic heterocycles. The van der Waals surface area contributed by atoms with Crippen LogP contribution in [0.3, 0.4) is 0 Å². The molecule has 0 unspecified atom stereocenters. The number of alkyl halides is 3. The molecule has 5 rings (SSSR count). The van der Waals surface area contributed by atoms with Crippen LogP contribution in [0.25, 0.3) is 10.9 Å². The topological polar surface area (TPSA) is 107 Å². The zero-order valence-electron chi connectivity index (χ0n) is 20.1. The van der Waals surface area contributed by atoms with E-state index in [-0.39, 0.29) is 54.6 Å². The molecule has 38 heavy (non-hydrogen) atoms. The second-order valence-electron chi connectivity index (χ2n) is 9.34. The molecule has 0 radical (unpaired) electrons.